The summed E-state index contributed by atoms with van der Waals surface area (Å²) in [5.74, 6) is 1.70. The SMILES string of the molecule is CCN(CC)CCNc1nc(NC)nc(NC)n1. The van der Waals surface area contributed by atoms with Crippen LogP contribution in [0.25, 0.3) is 0 Å². The molecule has 0 aromatic carbocycles. The van der Waals surface area contributed by atoms with Gasteiger partial charge in [-0.3, -0.25) is 0 Å². The first kappa shape index (κ1) is 14.4. The third-order valence-electron chi connectivity index (χ3n) is 2.69. The topological polar surface area (TPSA) is 78.0 Å². The summed E-state index contributed by atoms with van der Waals surface area (Å²) in [5, 5.41) is 9.03. The van der Waals surface area contributed by atoms with Crippen molar-refractivity contribution in [2.75, 3.05) is 56.2 Å². The summed E-state index contributed by atoms with van der Waals surface area (Å²) in [6.45, 7) is 8.22. The first-order valence-electron chi connectivity index (χ1n) is 6.31. The highest BCUT2D eigenvalue weighted by Gasteiger charge is 2.04. The molecule has 3 N–H and O–H groups in total. The van der Waals surface area contributed by atoms with Crippen LogP contribution in [-0.2, 0) is 0 Å². The Kier molecular flexibility index (Phi) is 6.13. The summed E-state index contributed by atoms with van der Waals surface area (Å²) in [4.78, 5) is 15.0. The highest BCUT2D eigenvalue weighted by Crippen LogP contribution is 2.07. The molecule has 0 spiro atoms. The van der Waals surface area contributed by atoms with Crippen molar-refractivity contribution in [3.63, 3.8) is 0 Å². The van der Waals surface area contributed by atoms with Crippen LogP contribution in [0, 0.1) is 0 Å². The normalized spacial score (nSPS) is 10.5. The summed E-state index contributed by atoms with van der Waals surface area (Å²) in [7, 11) is 3.57. The Balaban J connectivity index is 2.55. The van der Waals surface area contributed by atoms with Gasteiger partial charge in [-0.05, 0) is 13.1 Å². The summed E-state index contributed by atoms with van der Waals surface area (Å²) in [6, 6.07) is 0. The van der Waals surface area contributed by atoms with E-state index in [9.17, 15) is 0 Å². The standard InChI is InChI=1S/C11H23N7/c1-5-18(6-2)8-7-14-11-16-9(12-3)15-10(13-4)17-11/h5-8H2,1-4H3,(H3,12,13,14,15,16,17). The van der Waals surface area contributed by atoms with Crippen LogP contribution < -0.4 is 16.0 Å². The summed E-state index contributed by atoms with van der Waals surface area (Å²) in [5.41, 5.74) is 0. The molecule has 7 heteroatoms. The lowest BCUT2D eigenvalue weighted by atomic mass is 10.4. The Morgan fingerprint density at radius 1 is 0.889 bits per heavy atom. The van der Waals surface area contributed by atoms with E-state index in [1.165, 1.54) is 0 Å². The van der Waals surface area contributed by atoms with Crippen molar-refractivity contribution in [1.29, 1.82) is 0 Å². The quantitative estimate of drug-likeness (QED) is 0.629. The van der Waals surface area contributed by atoms with E-state index in [4.69, 9.17) is 0 Å². The number of anilines is 3. The van der Waals surface area contributed by atoms with Gasteiger partial charge in [-0.15, -0.1) is 0 Å². The van der Waals surface area contributed by atoms with Gasteiger partial charge in [-0.1, -0.05) is 13.8 Å². The maximum atomic E-state index is 4.25. The van der Waals surface area contributed by atoms with Crippen LogP contribution in [0.2, 0.25) is 0 Å². The second-order valence-corrected chi connectivity index (χ2v) is 3.76. The average Bonchev–Trinajstić information content (AvgIpc) is 2.43. The summed E-state index contributed by atoms with van der Waals surface area (Å²) < 4.78 is 0. The van der Waals surface area contributed by atoms with Gasteiger partial charge in [0.2, 0.25) is 17.8 Å². The zero-order valence-electron chi connectivity index (χ0n) is 11.6. The number of nitrogens with zero attached hydrogens (tertiary/aromatic N) is 4. The monoisotopic (exact) mass is 253 g/mol. The zero-order chi connectivity index (χ0) is 13.4. The predicted molar refractivity (Wildman–Crippen MR) is 75.2 cm³/mol. The molecule has 0 atom stereocenters. The van der Waals surface area contributed by atoms with Gasteiger partial charge in [0.25, 0.3) is 0 Å². The van der Waals surface area contributed by atoms with E-state index in [-0.39, 0.29) is 0 Å². The van der Waals surface area contributed by atoms with E-state index in [0.29, 0.717) is 17.8 Å². The molecule has 0 radical (unpaired) electrons. The lowest BCUT2D eigenvalue weighted by Crippen LogP contribution is -2.29. The van der Waals surface area contributed by atoms with Gasteiger partial charge >= 0.3 is 0 Å². The highest BCUT2D eigenvalue weighted by atomic mass is 15.3. The maximum absolute atomic E-state index is 4.25. The van der Waals surface area contributed by atoms with Gasteiger partial charge < -0.3 is 20.9 Å². The second kappa shape index (κ2) is 7.65. The number of nitrogens with one attached hydrogen (secondary N) is 3. The highest BCUT2D eigenvalue weighted by molar-refractivity contribution is 5.41. The first-order chi connectivity index (χ1) is 8.73. The smallest absolute Gasteiger partial charge is 0.229 e. The van der Waals surface area contributed by atoms with Gasteiger partial charge in [0.15, 0.2) is 0 Å². The second-order valence-electron chi connectivity index (χ2n) is 3.76. The van der Waals surface area contributed by atoms with Crippen molar-refractivity contribution in [2.45, 2.75) is 13.8 Å². The molecule has 0 amide bonds. The van der Waals surface area contributed by atoms with E-state index >= 15 is 0 Å². The molecular weight excluding hydrogens is 230 g/mol. The lowest BCUT2D eigenvalue weighted by Gasteiger charge is -2.18. The number of likely N-dealkylation sites (N-methyl/N-ethyl adjacent to an activating group) is 1. The molecule has 1 rings (SSSR count). The van der Waals surface area contributed by atoms with E-state index < -0.39 is 0 Å². The molecule has 0 saturated carbocycles. The molecule has 0 bridgehead atoms. The van der Waals surface area contributed by atoms with Gasteiger partial charge in [0, 0.05) is 27.2 Å². The first-order valence-corrected chi connectivity index (χ1v) is 6.31. The largest absolute Gasteiger partial charge is 0.357 e. The van der Waals surface area contributed by atoms with Crippen molar-refractivity contribution in [1.82, 2.24) is 19.9 Å². The molecule has 1 aromatic heterocycles. The predicted octanol–water partition coefficient (Wildman–Crippen LogP) is 0.709. The van der Waals surface area contributed by atoms with Crippen molar-refractivity contribution in [3.05, 3.63) is 0 Å². The van der Waals surface area contributed by atoms with Crippen LogP contribution >= 0.6 is 0 Å². The van der Waals surface area contributed by atoms with Gasteiger partial charge in [0.1, 0.15) is 0 Å². The molecular formula is C11H23N7. The third-order valence-corrected chi connectivity index (χ3v) is 2.69. The zero-order valence-corrected chi connectivity index (χ0v) is 11.6. The minimum atomic E-state index is 0.555. The molecule has 1 aromatic rings. The van der Waals surface area contributed by atoms with Gasteiger partial charge in [0.05, 0.1) is 0 Å². The summed E-state index contributed by atoms with van der Waals surface area (Å²) in [6.07, 6.45) is 0. The summed E-state index contributed by atoms with van der Waals surface area (Å²) >= 11 is 0. The lowest BCUT2D eigenvalue weighted by molar-refractivity contribution is 0.316. The fraction of sp³-hybridized carbons (Fsp3) is 0.727. The van der Waals surface area contributed by atoms with Gasteiger partial charge in [-0.25, -0.2) is 0 Å². The van der Waals surface area contributed by atoms with E-state index in [0.717, 1.165) is 26.2 Å². The molecule has 0 unspecified atom stereocenters. The van der Waals surface area contributed by atoms with Crippen LogP contribution in [0.1, 0.15) is 13.8 Å². The number of hydrogen-bond donors (Lipinski definition) is 3. The van der Waals surface area contributed by atoms with E-state index in [1.54, 1.807) is 14.1 Å². The van der Waals surface area contributed by atoms with Crippen LogP contribution in [0.5, 0.6) is 0 Å². The molecule has 0 fully saturated rings. The Bertz CT molecular complexity index is 329. The number of hydrogen-bond acceptors (Lipinski definition) is 7. The molecule has 102 valence electrons. The molecule has 0 aliphatic heterocycles. The average molecular weight is 253 g/mol. The molecule has 0 saturated heterocycles. The van der Waals surface area contributed by atoms with Crippen LogP contribution in [0.3, 0.4) is 0 Å². The minimum absolute atomic E-state index is 0.555. The Labute approximate surface area is 108 Å². The van der Waals surface area contributed by atoms with Crippen molar-refractivity contribution in [2.24, 2.45) is 0 Å². The van der Waals surface area contributed by atoms with Crippen LogP contribution in [-0.4, -0.2) is 60.1 Å². The van der Waals surface area contributed by atoms with E-state index in [2.05, 4.69) is 49.6 Å². The molecule has 1 heterocycles. The third kappa shape index (κ3) is 4.33. The number of rotatable bonds is 8. The van der Waals surface area contributed by atoms with Crippen LogP contribution in [0.15, 0.2) is 0 Å². The van der Waals surface area contributed by atoms with Crippen molar-refractivity contribution >= 4 is 17.8 Å². The fourth-order valence-electron chi connectivity index (χ4n) is 1.54. The Hall–Kier alpha value is -1.63. The van der Waals surface area contributed by atoms with E-state index in [1.807, 2.05) is 0 Å². The van der Waals surface area contributed by atoms with Crippen molar-refractivity contribution in [3.8, 4) is 0 Å². The maximum Gasteiger partial charge on any atom is 0.229 e. The van der Waals surface area contributed by atoms with Crippen molar-refractivity contribution < 1.29 is 0 Å². The molecule has 0 aliphatic rings. The van der Waals surface area contributed by atoms with Crippen LogP contribution in [0.4, 0.5) is 17.8 Å². The molecule has 18 heavy (non-hydrogen) atoms. The Morgan fingerprint density at radius 3 is 1.83 bits per heavy atom. The fourth-order valence-corrected chi connectivity index (χ4v) is 1.54. The molecule has 7 nitrogen and oxygen atoms in total. The Morgan fingerprint density at radius 2 is 1.39 bits per heavy atom. The minimum Gasteiger partial charge on any atom is -0.357 e. The van der Waals surface area contributed by atoms with Gasteiger partial charge in [-0.2, -0.15) is 15.0 Å². The number of aromatic nitrogens is 3. The molecule has 0 aliphatic carbocycles.